The Kier molecular flexibility index (Phi) is 4.31. The van der Waals surface area contributed by atoms with Gasteiger partial charge in [0.2, 0.25) is 5.91 Å². The van der Waals surface area contributed by atoms with Gasteiger partial charge in [-0.15, -0.1) is 0 Å². The molecule has 4 rings (SSSR count). The van der Waals surface area contributed by atoms with Crippen molar-refractivity contribution in [3.8, 4) is 17.2 Å². The Bertz CT molecular complexity index is 982. The number of ether oxygens (including phenoxy) is 1. The molecule has 1 amide bonds. The summed E-state index contributed by atoms with van der Waals surface area (Å²) in [4.78, 5) is 12.3. The maximum atomic E-state index is 12.3. The second kappa shape index (κ2) is 6.64. The standard InChI is InChI=1S/C19H16IN3O3/c1-26-17-8-11(2-7-16(17)24)14-9-18(25)22-19-15(14)10-21-23(19)13-5-3-12(20)4-6-13/h2-8,10,14,24H,9H2,1H3,(H,22,25). The van der Waals surface area contributed by atoms with Crippen LogP contribution >= 0.6 is 22.6 Å². The maximum absolute atomic E-state index is 12.3. The van der Waals surface area contributed by atoms with Crippen LogP contribution in [0.2, 0.25) is 0 Å². The summed E-state index contributed by atoms with van der Waals surface area (Å²) in [5.74, 6) is 0.929. The van der Waals surface area contributed by atoms with Gasteiger partial charge in [0.15, 0.2) is 11.5 Å². The zero-order valence-electron chi connectivity index (χ0n) is 13.9. The molecule has 1 atom stereocenters. The maximum Gasteiger partial charge on any atom is 0.226 e. The van der Waals surface area contributed by atoms with Gasteiger partial charge in [-0.25, -0.2) is 4.68 Å². The topological polar surface area (TPSA) is 76.4 Å². The molecule has 2 N–H and O–H groups in total. The average Bonchev–Trinajstić information content (AvgIpc) is 3.06. The number of hydrogen-bond donors (Lipinski definition) is 2. The van der Waals surface area contributed by atoms with E-state index in [0.29, 0.717) is 18.0 Å². The van der Waals surface area contributed by atoms with E-state index in [9.17, 15) is 9.90 Å². The van der Waals surface area contributed by atoms with Gasteiger partial charge in [-0.1, -0.05) is 6.07 Å². The van der Waals surface area contributed by atoms with Crippen LogP contribution in [0.15, 0.2) is 48.7 Å². The lowest BCUT2D eigenvalue weighted by atomic mass is 9.87. The molecule has 7 heteroatoms. The van der Waals surface area contributed by atoms with Gasteiger partial charge in [-0.2, -0.15) is 5.10 Å². The van der Waals surface area contributed by atoms with E-state index in [0.717, 1.165) is 20.4 Å². The number of nitrogens with zero attached hydrogens (tertiary/aromatic N) is 2. The van der Waals surface area contributed by atoms with Crippen molar-refractivity contribution in [2.45, 2.75) is 12.3 Å². The lowest BCUT2D eigenvalue weighted by molar-refractivity contribution is -0.116. The molecular formula is C19H16IN3O3. The summed E-state index contributed by atoms with van der Waals surface area (Å²) in [6, 6.07) is 13.1. The fourth-order valence-electron chi connectivity index (χ4n) is 3.21. The SMILES string of the molecule is COc1cc(C2CC(=O)Nc3c2cnn3-c2ccc(I)cc2)ccc1O. The van der Waals surface area contributed by atoms with Gasteiger partial charge in [-0.05, 0) is 64.6 Å². The van der Waals surface area contributed by atoms with E-state index in [2.05, 4.69) is 33.0 Å². The first-order chi connectivity index (χ1) is 12.6. The minimum atomic E-state index is -0.147. The molecule has 6 nitrogen and oxygen atoms in total. The molecule has 0 spiro atoms. The van der Waals surface area contributed by atoms with Crippen molar-refractivity contribution in [3.63, 3.8) is 0 Å². The van der Waals surface area contributed by atoms with Crippen molar-refractivity contribution >= 4 is 34.3 Å². The number of anilines is 1. The zero-order valence-corrected chi connectivity index (χ0v) is 16.1. The van der Waals surface area contributed by atoms with Gasteiger partial charge >= 0.3 is 0 Å². The number of methoxy groups -OCH3 is 1. The summed E-state index contributed by atoms with van der Waals surface area (Å²) in [7, 11) is 1.51. The predicted molar refractivity (Wildman–Crippen MR) is 106 cm³/mol. The molecule has 2 heterocycles. The van der Waals surface area contributed by atoms with Crippen molar-refractivity contribution in [2.75, 3.05) is 12.4 Å². The number of phenols is 1. The van der Waals surface area contributed by atoms with Gasteiger partial charge in [0.05, 0.1) is 19.0 Å². The fraction of sp³-hybridized carbons (Fsp3) is 0.158. The molecule has 0 fully saturated rings. The number of aromatic nitrogens is 2. The van der Waals surface area contributed by atoms with Crippen molar-refractivity contribution in [1.29, 1.82) is 0 Å². The summed E-state index contributed by atoms with van der Waals surface area (Å²) < 4.78 is 8.08. The van der Waals surface area contributed by atoms with E-state index >= 15 is 0 Å². The minimum Gasteiger partial charge on any atom is -0.504 e. The Morgan fingerprint density at radius 2 is 2.04 bits per heavy atom. The third-order valence-electron chi connectivity index (χ3n) is 4.50. The highest BCUT2D eigenvalue weighted by Gasteiger charge is 2.30. The summed E-state index contributed by atoms with van der Waals surface area (Å²) in [5.41, 5.74) is 2.73. The molecule has 1 aliphatic rings. The second-order valence-electron chi connectivity index (χ2n) is 6.07. The van der Waals surface area contributed by atoms with E-state index in [1.54, 1.807) is 23.0 Å². The van der Waals surface area contributed by atoms with E-state index < -0.39 is 0 Å². The molecular weight excluding hydrogens is 445 g/mol. The number of nitrogens with one attached hydrogen (secondary N) is 1. The van der Waals surface area contributed by atoms with Crippen LogP contribution in [-0.4, -0.2) is 27.9 Å². The number of halogens is 1. The molecule has 26 heavy (non-hydrogen) atoms. The molecule has 0 radical (unpaired) electrons. The van der Waals surface area contributed by atoms with Crippen LogP contribution in [0.1, 0.15) is 23.5 Å². The fourth-order valence-corrected chi connectivity index (χ4v) is 3.57. The first kappa shape index (κ1) is 16.9. The first-order valence-electron chi connectivity index (χ1n) is 8.07. The number of hydrogen-bond acceptors (Lipinski definition) is 4. The number of carbonyl (C=O) groups excluding carboxylic acids is 1. The molecule has 0 bridgehead atoms. The van der Waals surface area contributed by atoms with Crippen LogP contribution in [0.3, 0.4) is 0 Å². The highest BCUT2D eigenvalue weighted by Crippen LogP contribution is 2.40. The minimum absolute atomic E-state index is 0.0678. The second-order valence-corrected chi connectivity index (χ2v) is 7.32. The number of phenolic OH excluding ortho intramolecular Hbond substituents is 1. The van der Waals surface area contributed by atoms with Crippen LogP contribution in [0.5, 0.6) is 11.5 Å². The van der Waals surface area contributed by atoms with Crippen molar-refractivity contribution in [1.82, 2.24) is 9.78 Å². The van der Waals surface area contributed by atoms with E-state index in [1.165, 1.54) is 7.11 Å². The number of benzene rings is 2. The van der Waals surface area contributed by atoms with E-state index in [4.69, 9.17) is 4.74 Å². The molecule has 2 aromatic carbocycles. The average molecular weight is 461 g/mol. The monoisotopic (exact) mass is 461 g/mol. The number of aromatic hydroxyl groups is 1. The summed E-state index contributed by atoms with van der Waals surface area (Å²) in [6.45, 7) is 0. The molecule has 0 saturated heterocycles. The molecule has 0 aliphatic carbocycles. The third kappa shape index (κ3) is 2.92. The Morgan fingerprint density at radius 1 is 1.27 bits per heavy atom. The number of carbonyl (C=O) groups is 1. The van der Waals surface area contributed by atoms with Crippen molar-refractivity contribution in [3.05, 3.63) is 63.4 Å². The lowest BCUT2D eigenvalue weighted by Gasteiger charge is -2.24. The number of rotatable bonds is 3. The Hall–Kier alpha value is -2.55. The summed E-state index contributed by atoms with van der Waals surface area (Å²) in [5, 5.41) is 17.3. The smallest absolute Gasteiger partial charge is 0.226 e. The number of amides is 1. The van der Waals surface area contributed by atoms with Crippen molar-refractivity contribution < 1.29 is 14.6 Å². The Morgan fingerprint density at radius 3 is 2.77 bits per heavy atom. The van der Waals surface area contributed by atoms with Crippen LogP contribution in [-0.2, 0) is 4.79 Å². The molecule has 1 unspecified atom stereocenters. The zero-order chi connectivity index (χ0) is 18.3. The van der Waals surface area contributed by atoms with Crippen molar-refractivity contribution in [2.24, 2.45) is 0 Å². The molecule has 1 aliphatic heterocycles. The Labute approximate surface area is 163 Å². The molecule has 1 aromatic heterocycles. The predicted octanol–water partition coefficient (Wildman–Crippen LogP) is 3.67. The van der Waals surface area contributed by atoms with E-state index in [1.807, 2.05) is 30.3 Å². The summed E-state index contributed by atoms with van der Waals surface area (Å²) in [6.07, 6.45) is 2.11. The van der Waals surface area contributed by atoms with Gasteiger partial charge < -0.3 is 15.2 Å². The van der Waals surface area contributed by atoms with E-state index in [-0.39, 0.29) is 17.6 Å². The molecule has 3 aromatic rings. The normalized spacial score (nSPS) is 16.1. The van der Waals surface area contributed by atoms with Gasteiger partial charge in [0.1, 0.15) is 5.82 Å². The van der Waals surface area contributed by atoms with Gasteiger partial charge in [0, 0.05) is 21.5 Å². The van der Waals surface area contributed by atoms with Gasteiger partial charge in [-0.3, -0.25) is 4.79 Å². The highest BCUT2D eigenvalue weighted by molar-refractivity contribution is 14.1. The van der Waals surface area contributed by atoms with Gasteiger partial charge in [0.25, 0.3) is 0 Å². The molecule has 0 saturated carbocycles. The first-order valence-corrected chi connectivity index (χ1v) is 9.15. The third-order valence-corrected chi connectivity index (χ3v) is 5.22. The largest absolute Gasteiger partial charge is 0.504 e. The van der Waals surface area contributed by atoms with Crippen LogP contribution in [0.4, 0.5) is 5.82 Å². The van der Waals surface area contributed by atoms with Crippen LogP contribution < -0.4 is 10.1 Å². The quantitative estimate of drug-likeness (QED) is 0.584. The van der Waals surface area contributed by atoms with Crippen LogP contribution in [0, 0.1) is 3.57 Å². The van der Waals surface area contributed by atoms with Crippen LogP contribution in [0.25, 0.3) is 5.69 Å². The highest BCUT2D eigenvalue weighted by atomic mass is 127. The molecule has 132 valence electrons. The number of fused-ring (bicyclic) bond motifs is 1. The lowest BCUT2D eigenvalue weighted by Crippen LogP contribution is -2.24. The summed E-state index contributed by atoms with van der Waals surface area (Å²) >= 11 is 2.25. The Balaban J connectivity index is 1.80.